The molecule has 0 radical (unpaired) electrons. The maximum absolute atomic E-state index is 10.7. The van der Waals surface area contributed by atoms with Crippen molar-refractivity contribution in [3.63, 3.8) is 0 Å². The van der Waals surface area contributed by atoms with Gasteiger partial charge in [-0.25, -0.2) is 4.79 Å². The second kappa shape index (κ2) is 3.92. The quantitative estimate of drug-likeness (QED) is 0.626. The molecular formula is C10H17NO2. The largest absolute Gasteiger partial charge is 0.478 e. The lowest BCUT2D eigenvalue weighted by Gasteiger charge is -2.31. The van der Waals surface area contributed by atoms with E-state index in [2.05, 4.69) is 18.9 Å². The number of hydrogen-bond acceptors (Lipinski definition) is 2. The van der Waals surface area contributed by atoms with E-state index >= 15 is 0 Å². The highest BCUT2D eigenvalue weighted by atomic mass is 16.4. The van der Waals surface area contributed by atoms with Crippen LogP contribution < -0.4 is 0 Å². The molecule has 1 atom stereocenters. The van der Waals surface area contributed by atoms with E-state index in [-0.39, 0.29) is 0 Å². The third kappa shape index (κ3) is 2.31. The number of aliphatic carboxylic acids is 1. The Bertz CT molecular complexity index is 245. The highest BCUT2D eigenvalue weighted by molar-refractivity contribution is 5.86. The van der Waals surface area contributed by atoms with Crippen molar-refractivity contribution in [3.05, 3.63) is 11.1 Å². The van der Waals surface area contributed by atoms with Crippen LogP contribution in [0.4, 0.5) is 0 Å². The van der Waals surface area contributed by atoms with E-state index in [1.54, 1.807) is 6.92 Å². The zero-order valence-electron chi connectivity index (χ0n) is 8.50. The Kier molecular flexibility index (Phi) is 3.09. The zero-order chi connectivity index (χ0) is 10.0. The molecule has 0 aromatic rings. The molecular weight excluding hydrogens is 166 g/mol. The first kappa shape index (κ1) is 10.3. The molecule has 3 heteroatoms. The minimum Gasteiger partial charge on any atom is -0.478 e. The van der Waals surface area contributed by atoms with Gasteiger partial charge in [0.25, 0.3) is 0 Å². The van der Waals surface area contributed by atoms with Crippen LogP contribution in [-0.2, 0) is 4.79 Å². The highest BCUT2D eigenvalue weighted by Crippen LogP contribution is 2.23. The lowest BCUT2D eigenvalue weighted by atomic mass is 9.94. The molecule has 1 aliphatic rings. The molecule has 1 N–H and O–H groups in total. The number of carboxylic acid groups (broad SMARTS) is 1. The summed E-state index contributed by atoms with van der Waals surface area (Å²) in [5.74, 6) is -0.772. The van der Waals surface area contributed by atoms with Crippen molar-refractivity contribution in [2.45, 2.75) is 32.7 Å². The molecule has 1 heterocycles. The van der Waals surface area contributed by atoms with Crippen LogP contribution in [0.1, 0.15) is 26.7 Å². The maximum atomic E-state index is 10.7. The van der Waals surface area contributed by atoms with Crippen LogP contribution in [0.15, 0.2) is 11.1 Å². The van der Waals surface area contributed by atoms with Crippen LogP contribution in [-0.4, -0.2) is 35.6 Å². The Hall–Kier alpha value is -0.830. The van der Waals surface area contributed by atoms with Crippen molar-refractivity contribution in [3.8, 4) is 0 Å². The minimum atomic E-state index is -0.772. The van der Waals surface area contributed by atoms with Gasteiger partial charge in [0.1, 0.15) is 0 Å². The summed E-state index contributed by atoms with van der Waals surface area (Å²) in [7, 11) is 2.08. The van der Waals surface area contributed by atoms with Gasteiger partial charge in [0.2, 0.25) is 0 Å². The summed E-state index contributed by atoms with van der Waals surface area (Å²) in [6.07, 6.45) is 1.80. The molecule has 1 rings (SSSR count). The first-order valence-corrected chi connectivity index (χ1v) is 4.64. The van der Waals surface area contributed by atoms with Gasteiger partial charge in [-0.3, -0.25) is 0 Å². The van der Waals surface area contributed by atoms with Crippen LogP contribution in [0.3, 0.4) is 0 Å². The van der Waals surface area contributed by atoms with Gasteiger partial charge in [-0.15, -0.1) is 0 Å². The van der Waals surface area contributed by atoms with Crippen molar-refractivity contribution < 1.29 is 9.90 Å². The van der Waals surface area contributed by atoms with Crippen LogP contribution >= 0.6 is 0 Å². The fourth-order valence-electron chi connectivity index (χ4n) is 1.64. The van der Waals surface area contributed by atoms with Gasteiger partial charge in [0.15, 0.2) is 0 Å². The summed E-state index contributed by atoms with van der Waals surface area (Å²) < 4.78 is 0. The molecule has 1 aliphatic heterocycles. The van der Waals surface area contributed by atoms with Gasteiger partial charge in [-0.1, -0.05) is 5.57 Å². The Morgan fingerprint density at radius 3 is 2.69 bits per heavy atom. The molecule has 1 fully saturated rings. The van der Waals surface area contributed by atoms with Gasteiger partial charge in [-0.05, 0) is 33.7 Å². The number of carbonyl (C=O) groups is 1. The van der Waals surface area contributed by atoms with Gasteiger partial charge in [0, 0.05) is 18.2 Å². The van der Waals surface area contributed by atoms with Gasteiger partial charge in [-0.2, -0.15) is 0 Å². The average Bonchev–Trinajstić information content (AvgIpc) is 2.08. The number of carboxylic acids is 1. The fourth-order valence-corrected chi connectivity index (χ4v) is 1.64. The van der Waals surface area contributed by atoms with Crippen molar-refractivity contribution in [1.82, 2.24) is 4.90 Å². The minimum absolute atomic E-state index is 0.470. The molecule has 74 valence electrons. The van der Waals surface area contributed by atoms with E-state index in [1.165, 1.54) is 0 Å². The van der Waals surface area contributed by atoms with Crippen LogP contribution in [0, 0.1) is 0 Å². The molecule has 0 saturated carbocycles. The number of nitrogens with zero attached hydrogens (tertiary/aromatic N) is 1. The molecule has 0 spiro atoms. The normalized spacial score (nSPS) is 28.7. The van der Waals surface area contributed by atoms with E-state index in [0.29, 0.717) is 11.6 Å². The SMILES string of the molecule is C/C(C(=O)O)=C1/CCN(C)C(C)C1. The van der Waals surface area contributed by atoms with Crippen molar-refractivity contribution in [2.75, 3.05) is 13.6 Å². The second-order valence-corrected chi connectivity index (χ2v) is 3.82. The topological polar surface area (TPSA) is 40.5 Å². The number of rotatable bonds is 1. The second-order valence-electron chi connectivity index (χ2n) is 3.82. The van der Waals surface area contributed by atoms with Crippen LogP contribution in [0.2, 0.25) is 0 Å². The molecule has 0 bridgehead atoms. The van der Waals surface area contributed by atoms with E-state index in [1.807, 2.05) is 0 Å². The predicted molar refractivity (Wildman–Crippen MR) is 51.7 cm³/mol. The number of hydrogen-bond donors (Lipinski definition) is 1. The maximum Gasteiger partial charge on any atom is 0.331 e. The van der Waals surface area contributed by atoms with E-state index in [9.17, 15) is 4.79 Å². The number of likely N-dealkylation sites (tertiary alicyclic amines) is 1. The first-order chi connectivity index (χ1) is 6.02. The van der Waals surface area contributed by atoms with Crippen molar-refractivity contribution in [1.29, 1.82) is 0 Å². The summed E-state index contributed by atoms with van der Waals surface area (Å²) in [6.45, 7) is 4.81. The summed E-state index contributed by atoms with van der Waals surface area (Å²) in [5.41, 5.74) is 1.65. The Morgan fingerprint density at radius 2 is 2.23 bits per heavy atom. The lowest BCUT2D eigenvalue weighted by molar-refractivity contribution is -0.132. The molecule has 1 unspecified atom stereocenters. The molecule has 0 amide bonds. The third-order valence-corrected chi connectivity index (χ3v) is 2.91. The van der Waals surface area contributed by atoms with Gasteiger partial charge in [0.05, 0.1) is 0 Å². The summed E-state index contributed by atoms with van der Waals surface area (Å²) >= 11 is 0. The van der Waals surface area contributed by atoms with E-state index in [0.717, 1.165) is 25.0 Å². The molecule has 13 heavy (non-hydrogen) atoms. The molecule has 0 aliphatic carbocycles. The molecule has 3 nitrogen and oxygen atoms in total. The summed E-state index contributed by atoms with van der Waals surface area (Å²) in [5, 5.41) is 8.81. The monoisotopic (exact) mass is 183 g/mol. The molecule has 0 aromatic carbocycles. The standard InChI is InChI=1S/C10H17NO2/c1-7-6-9(4-5-11(7)3)8(2)10(12)13/h7H,4-6H2,1-3H3,(H,12,13)/b9-8+. The smallest absolute Gasteiger partial charge is 0.331 e. The highest BCUT2D eigenvalue weighted by Gasteiger charge is 2.20. The summed E-state index contributed by atoms with van der Waals surface area (Å²) in [6, 6.07) is 0.470. The van der Waals surface area contributed by atoms with Gasteiger partial charge < -0.3 is 10.0 Å². The predicted octanol–water partition coefficient (Wildman–Crippen LogP) is 1.50. The average molecular weight is 183 g/mol. The van der Waals surface area contributed by atoms with Crippen molar-refractivity contribution in [2.24, 2.45) is 0 Å². The van der Waals surface area contributed by atoms with Crippen LogP contribution in [0.25, 0.3) is 0 Å². The lowest BCUT2D eigenvalue weighted by Crippen LogP contribution is -2.35. The van der Waals surface area contributed by atoms with Crippen molar-refractivity contribution >= 4 is 5.97 Å². The Labute approximate surface area is 79.0 Å². The number of piperidine rings is 1. The Balaban J connectivity index is 2.75. The van der Waals surface area contributed by atoms with Crippen LogP contribution in [0.5, 0.6) is 0 Å². The van der Waals surface area contributed by atoms with E-state index < -0.39 is 5.97 Å². The van der Waals surface area contributed by atoms with Gasteiger partial charge >= 0.3 is 5.97 Å². The molecule has 1 saturated heterocycles. The van der Waals surface area contributed by atoms with E-state index in [4.69, 9.17) is 5.11 Å². The summed E-state index contributed by atoms with van der Waals surface area (Å²) in [4.78, 5) is 13.0. The third-order valence-electron chi connectivity index (χ3n) is 2.91. The fraction of sp³-hybridized carbons (Fsp3) is 0.700. The molecule has 0 aromatic heterocycles. The Morgan fingerprint density at radius 1 is 1.62 bits per heavy atom. The first-order valence-electron chi connectivity index (χ1n) is 4.64. The zero-order valence-corrected chi connectivity index (χ0v) is 8.50.